The highest BCUT2D eigenvalue weighted by Crippen LogP contribution is 2.30. The van der Waals surface area contributed by atoms with E-state index >= 15 is 0 Å². The summed E-state index contributed by atoms with van der Waals surface area (Å²) in [6.45, 7) is 5.02. The fourth-order valence-corrected chi connectivity index (χ4v) is 6.94. The number of methoxy groups -OCH3 is 1. The van der Waals surface area contributed by atoms with Crippen LogP contribution in [0.1, 0.15) is 43.5 Å². The number of imidazole rings is 2. The van der Waals surface area contributed by atoms with Gasteiger partial charge in [0.1, 0.15) is 24.2 Å². The van der Waals surface area contributed by atoms with Crippen molar-refractivity contribution in [3.63, 3.8) is 0 Å². The number of alkyl carbamates (subject to hydrolysis) is 1. The van der Waals surface area contributed by atoms with Crippen LogP contribution in [0.3, 0.4) is 0 Å². The second kappa shape index (κ2) is 18.9. The van der Waals surface area contributed by atoms with Crippen molar-refractivity contribution in [2.75, 3.05) is 40.8 Å². The third-order valence-corrected chi connectivity index (χ3v) is 9.93. The number of carbonyl (C=O) groups is 3. The number of carbonyl (C=O) groups excluding carboxylic acids is 3. The molecule has 0 aliphatic heterocycles. The Hall–Kier alpha value is -6.78. The van der Waals surface area contributed by atoms with Crippen molar-refractivity contribution in [1.29, 1.82) is 5.26 Å². The second-order valence-electron chi connectivity index (χ2n) is 14.5. The molecule has 0 aliphatic carbocycles. The monoisotopic (exact) mass is 779 g/mol. The Bertz CT molecular complexity index is 2380. The first-order chi connectivity index (χ1) is 28.1. The molecule has 298 valence electrons. The predicted molar refractivity (Wildman–Crippen MR) is 224 cm³/mol. The van der Waals surface area contributed by atoms with E-state index < -0.39 is 12.1 Å². The molecule has 3 N–H and O–H groups in total. The van der Waals surface area contributed by atoms with Crippen LogP contribution in [0.25, 0.3) is 44.4 Å². The summed E-state index contributed by atoms with van der Waals surface area (Å²) in [5.41, 5.74) is 6.66. The largest absolute Gasteiger partial charge is 0.453 e. The van der Waals surface area contributed by atoms with Gasteiger partial charge in [-0.3, -0.25) is 14.5 Å². The maximum absolute atomic E-state index is 14.0. The number of aromatic amines is 2. The Morgan fingerprint density at radius 2 is 1.36 bits per heavy atom. The predicted octanol–water partition coefficient (Wildman–Crippen LogP) is 7.17. The van der Waals surface area contributed by atoms with Crippen LogP contribution in [0, 0.1) is 17.2 Å². The van der Waals surface area contributed by atoms with Gasteiger partial charge in [0.15, 0.2) is 0 Å². The van der Waals surface area contributed by atoms with Crippen molar-refractivity contribution >= 4 is 28.7 Å². The molecule has 13 nitrogen and oxygen atoms in total. The maximum Gasteiger partial charge on any atom is 0.407 e. The van der Waals surface area contributed by atoms with Crippen LogP contribution in [0.15, 0.2) is 103 Å². The number of nitriles is 1. The lowest BCUT2D eigenvalue weighted by molar-refractivity contribution is -0.137. The van der Waals surface area contributed by atoms with E-state index in [2.05, 4.69) is 96.7 Å². The maximum atomic E-state index is 14.0. The van der Waals surface area contributed by atoms with Gasteiger partial charge in [-0.2, -0.15) is 5.26 Å². The van der Waals surface area contributed by atoms with E-state index in [0.29, 0.717) is 24.7 Å². The number of nitrogens with zero attached hydrogens (tertiary/aromatic N) is 6. The van der Waals surface area contributed by atoms with Crippen molar-refractivity contribution in [3.8, 4) is 39.7 Å². The minimum absolute atomic E-state index is 0.0878. The average Bonchev–Trinajstić information content (AvgIpc) is 3.92. The number of fused-ring (bicyclic) bond motifs is 1. The zero-order valence-electron chi connectivity index (χ0n) is 33.5. The molecule has 0 saturated heterocycles. The molecule has 0 aliphatic rings. The van der Waals surface area contributed by atoms with Gasteiger partial charge in [0.25, 0.3) is 0 Å². The lowest BCUT2D eigenvalue weighted by atomic mass is 9.98. The Balaban J connectivity index is 1.13. The number of H-pyrrole nitrogens is 2. The van der Waals surface area contributed by atoms with Gasteiger partial charge >= 0.3 is 6.09 Å². The van der Waals surface area contributed by atoms with E-state index in [1.807, 2.05) is 63.2 Å². The Kier molecular flexibility index (Phi) is 13.3. The van der Waals surface area contributed by atoms with Gasteiger partial charge in [-0.25, -0.2) is 14.8 Å². The van der Waals surface area contributed by atoms with Crippen molar-refractivity contribution < 1.29 is 19.1 Å². The van der Waals surface area contributed by atoms with Crippen molar-refractivity contribution in [1.82, 2.24) is 40.0 Å². The van der Waals surface area contributed by atoms with E-state index in [-0.39, 0.29) is 37.4 Å². The highest BCUT2D eigenvalue weighted by molar-refractivity contribution is 5.90. The van der Waals surface area contributed by atoms with Crippen molar-refractivity contribution in [3.05, 3.63) is 121 Å². The number of hydrogen-bond acceptors (Lipinski definition) is 8. The fourth-order valence-electron chi connectivity index (χ4n) is 6.94. The number of aromatic nitrogens is 4. The zero-order valence-corrected chi connectivity index (χ0v) is 33.5. The number of amides is 3. The molecule has 0 fully saturated rings. The molecule has 0 saturated carbocycles. The number of likely N-dealkylation sites (N-methyl/N-ethyl adjacent to an activating group) is 1. The smallest absolute Gasteiger partial charge is 0.407 e. The van der Waals surface area contributed by atoms with Gasteiger partial charge in [-0.15, -0.1) is 0 Å². The van der Waals surface area contributed by atoms with Crippen LogP contribution in [0.2, 0.25) is 0 Å². The number of rotatable bonds is 16. The van der Waals surface area contributed by atoms with Crippen LogP contribution >= 0.6 is 0 Å². The lowest BCUT2D eigenvalue weighted by Crippen LogP contribution is -2.42. The molecule has 3 amide bonds. The highest BCUT2D eigenvalue weighted by atomic mass is 16.5. The third kappa shape index (κ3) is 9.96. The Labute approximate surface area is 338 Å². The third-order valence-electron chi connectivity index (χ3n) is 9.93. The van der Waals surface area contributed by atoms with Crippen LogP contribution in [0.5, 0.6) is 0 Å². The first kappa shape index (κ1) is 40.9. The van der Waals surface area contributed by atoms with Crippen LogP contribution in [-0.4, -0.2) is 93.4 Å². The second-order valence-corrected chi connectivity index (χ2v) is 14.5. The molecule has 0 bridgehead atoms. The normalized spacial score (nSPS) is 12.2. The standard InChI is InChI=1S/C45H49N9O4/c1-6-20-53(42(55)26-49-45(57)58-5)28-40-48-25-39(51-40)37-19-18-35-21-34(16-17-36(35)22-37)31-12-14-32(15-13-31)38-24-47-41(50-38)29-54(27-30(2)23-46)44(56)43(52(3)4)33-10-8-7-9-11-33/h7-19,21-22,24-25,30,43H,6,20,26-29H2,1-5H3,(H,47,50)(H,48,51)(H,49,57)/t30?,43-/m1/s1. The zero-order chi connectivity index (χ0) is 41.2. The number of benzene rings is 4. The topological polar surface area (TPSA) is 163 Å². The van der Waals surface area contributed by atoms with Crippen LogP contribution < -0.4 is 5.32 Å². The lowest BCUT2D eigenvalue weighted by Gasteiger charge is -2.31. The molecule has 2 heterocycles. The Morgan fingerprint density at radius 1 is 0.793 bits per heavy atom. The van der Waals surface area contributed by atoms with Gasteiger partial charge in [0, 0.05) is 18.7 Å². The first-order valence-corrected chi connectivity index (χ1v) is 19.3. The minimum atomic E-state index is -0.649. The van der Waals surface area contributed by atoms with Crippen LogP contribution in [-0.2, 0) is 27.4 Å². The summed E-state index contributed by atoms with van der Waals surface area (Å²) in [6, 6.07) is 32.4. The molecule has 0 radical (unpaired) electrons. The number of hydrogen-bond donors (Lipinski definition) is 3. The van der Waals surface area contributed by atoms with Crippen molar-refractivity contribution in [2.45, 2.75) is 39.4 Å². The summed E-state index contributed by atoms with van der Waals surface area (Å²) in [6.07, 6.45) is 3.67. The number of nitrogens with one attached hydrogen (secondary N) is 3. The van der Waals surface area contributed by atoms with Gasteiger partial charge < -0.3 is 29.8 Å². The van der Waals surface area contributed by atoms with Crippen molar-refractivity contribution in [2.24, 2.45) is 5.92 Å². The van der Waals surface area contributed by atoms with Gasteiger partial charge in [0.05, 0.1) is 56.0 Å². The molecule has 13 heteroatoms. The molecule has 58 heavy (non-hydrogen) atoms. The summed E-state index contributed by atoms with van der Waals surface area (Å²) in [5.74, 6) is 0.644. The molecule has 2 atom stereocenters. The fraction of sp³-hybridized carbons (Fsp3) is 0.289. The summed E-state index contributed by atoms with van der Waals surface area (Å²) in [7, 11) is 5.03. The van der Waals surface area contributed by atoms with Gasteiger partial charge in [0.2, 0.25) is 11.8 Å². The SMILES string of the molecule is CCCN(Cc1ncc(-c2ccc3cc(-c4ccc(-c5cnc(CN(CC(C)C#N)C(=O)[C@@H](c6ccccc6)N(C)C)[nH]5)cc4)ccc3c2)[nH]1)C(=O)CNC(=O)OC. The van der Waals surface area contributed by atoms with Gasteiger partial charge in [-0.05, 0) is 72.6 Å². The summed E-state index contributed by atoms with van der Waals surface area (Å²) >= 11 is 0. The summed E-state index contributed by atoms with van der Waals surface area (Å²) in [4.78, 5) is 59.3. The highest BCUT2D eigenvalue weighted by Gasteiger charge is 2.29. The molecule has 4 aromatic carbocycles. The molecule has 0 spiro atoms. The molecular formula is C45H49N9O4. The quantitative estimate of drug-likeness (QED) is 0.0931. The van der Waals surface area contributed by atoms with E-state index in [4.69, 9.17) is 0 Å². The first-order valence-electron chi connectivity index (χ1n) is 19.3. The molecule has 6 aromatic rings. The summed E-state index contributed by atoms with van der Waals surface area (Å²) in [5, 5.41) is 14.2. The Morgan fingerprint density at radius 3 is 1.97 bits per heavy atom. The molecule has 1 unspecified atom stereocenters. The molecular weight excluding hydrogens is 731 g/mol. The molecule has 6 rings (SSSR count). The van der Waals surface area contributed by atoms with E-state index in [1.54, 1.807) is 22.2 Å². The van der Waals surface area contributed by atoms with Crippen LogP contribution in [0.4, 0.5) is 4.79 Å². The van der Waals surface area contributed by atoms with E-state index in [9.17, 15) is 19.6 Å². The average molecular weight is 780 g/mol. The summed E-state index contributed by atoms with van der Waals surface area (Å²) < 4.78 is 4.57. The number of ether oxygens (including phenoxy) is 1. The van der Waals surface area contributed by atoms with Gasteiger partial charge in [-0.1, -0.05) is 85.8 Å². The van der Waals surface area contributed by atoms with E-state index in [0.717, 1.165) is 56.4 Å². The minimum Gasteiger partial charge on any atom is -0.453 e. The molecule has 2 aromatic heterocycles. The van der Waals surface area contributed by atoms with E-state index in [1.165, 1.54) is 7.11 Å².